The Bertz CT molecular complexity index is 612. The summed E-state index contributed by atoms with van der Waals surface area (Å²) in [5.74, 6) is -0.333. The van der Waals surface area contributed by atoms with E-state index in [4.69, 9.17) is 49.0 Å². The van der Waals surface area contributed by atoms with Gasteiger partial charge in [0.25, 0.3) is 0 Å². The zero-order valence-corrected chi connectivity index (χ0v) is 20.7. The molecule has 6 nitrogen and oxygen atoms in total. The molecule has 0 aromatic heterocycles. The third kappa shape index (κ3) is 6.64. The second-order valence-corrected chi connectivity index (χ2v) is 9.88. The highest BCUT2D eigenvalue weighted by molar-refractivity contribution is 6.58. The second-order valence-electron chi connectivity index (χ2n) is 8.03. The molecule has 174 valence electrons. The van der Waals surface area contributed by atoms with Gasteiger partial charge in [-0.2, -0.15) is 0 Å². The van der Waals surface area contributed by atoms with Gasteiger partial charge in [0.15, 0.2) is 0 Å². The number of ether oxygens (including phenoxy) is 3. The van der Waals surface area contributed by atoms with Gasteiger partial charge < -0.3 is 14.2 Å². The Kier molecular flexibility index (Phi) is 10.7. The Morgan fingerprint density at radius 3 is 1.60 bits per heavy atom. The van der Waals surface area contributed by atoms with Gasteiger partial charge in [-0.15, -0.1) is 11.6 Å². The minimum Gasteiger partial charge on any atom is -0.462 e. The van der Waals surface area contributed by atoms with E-state index in [9.17, 15) is 14.4 Å². The lowest BCUT2D eigenvalue weighted by Gasteiger charge is -2.15. The van der Waals surface area contributed by atoms with Gasteiger partial charge in [-0.05, 0) is 19.3 Å². The van der Waals surface area contributed by atoms with Gasteiger partial charge in [0, 0.05) is 17.8 Å². The second kappa shape index (κ2) is 11.8. The summed E-state index contributed by atoms with van der Waals surface area (Å²) in [6.07, 6.45) is 3.28. The molecule has 3 fully saturated rings. The van der Waals surface area contributed by atoms with Crippen molar-refractivity contribution in [2.24, 2.45) is 17.8 Å². The Morgan fingerprint density at radius 2 is 1.40 bits per heavy atom. The summed E-state index contributed by atoms with van der Waals surface area (Å²) < 4.78 is 13.6. The summed E-state index contributed by atoms with van der Waals surface area (Å²) in [4.78, 5) is 32.4. The Hall–Kier alpha value is -0.720. The third-order valence-electron chi connectivity index (χ3n) is 5.81. The maximum Gasteiger partial charge on any atom is 0.343 e. The number of hydrogen-bond donors (Lipinski definition) is 0. The molecule has 0 aliphatic carbocycles. The van der Waals surface area contributed by atoms with Crippen LogP contribution in [0.25, 0.3) is 0 Å². The molecule has 0 saturated carbocycles. The van der Waals surface area contributed by atoms with Crippen molar-refractivity contribution in [2.75, 3.05) is 0 Å². The van der Waals surface area contributed by atoms with E-state index in [1.54, 1.807) is 0 Å². The molecule has 30 heavy (non-hydrogen) atoms. The minimum absolute atomic E-state index is 0.0330. The highest BCUT2D eigenvalue weighted by atomic mass is 35.5. The van der Waals surface area contributed by atoms with Crippen LogP contribution >= 0.6 is 34.8 Å². The summed E-state index contributed by atoms with van der Waals surface area (Å²) in [5.41, 5.74) is 0. The molecule has 3 aliphatic heterocycles. The Morgan fingerprint density at radius 1 is 0.867 bits per heavy atom. The molecule has 3 aliphatic rings. The van der Waals surface area contributed by atoms with Gasteiger partial charge >= 0.3 is 17.9 Å². The lowest BCUT2D eigenvalue weighted by Crippen LogP contribution is -2.27. The molecular weight excluding hydrogens is 455 g/mol. The first-order chi connectivity index (χ1) is 13.9. The number of carbonyl (C=O) groups excluding carboxylic acids is 3. The fraction of sp³-hybridized carbons (Fsp3) is 0.857. The predicted octanol–water partition coefficient (Wildman–Crippen LogP) is 5.05. The summed E-state index contributed by atoms with van der Waals surface area (Å²) in [6.45, 7) is 11.8. The average molecular weight is 488 g/mol. The summed E-state index contributed by atoms with van der Waals surface area (Å²) >= 11 is 17.2. The number of carbonyl (C=O) groups is 3. The summed E-state index contributed by atoms with van der Waals surface area (Å²) in [5, 5.41) is -0.426. The van der Waals surface area contributed by atoms with Crippen molar-refractivity contribution in [2.45, 2.75) is 95.2 Å². The molecule has 0 aromatic rings. The van der Waals surface area contributed by atoms with Gasteiger partial charge in [0.2, 0.25) is 4.33 Å². The number of halogens is 3. The number of esters is 3. The van der Waals surface area contributed by atoms with E-state index < -0.39 is 15.7 Å². The van der Waals surface area contributed by atoms with E-state index in [-0.39, 0.29) is 42.1 Å². The first-order valence-electron chi connectivity index (χ1n) is 10.5. The SMILES string of the molecule is CC[C@H]1OC(=O)C(Cl)(Cl)[C@@H]1C.CC[C@H]1OC(=O)C(Cl)[C@@H]1C.CC[C@H]1OC(=O)C[C@@H]1C. The van der Waals surface area contributed by atoms with Crippen molar-refractivity contribution in [1.82, 2.24) is 0 Å². The van der Waals surface area contributed by atoms with Gasteiger partial charge in [-0.1, -0.05) is 64.7 Å². The van der Waals surface area contributed by atoms with Gasteiger partial charge in [0.1, 0.15) is 23.7 Å². The van der Waals surface area contributed by atoms with E-state index >= 15 is 0 Å². The van der Waals surface area contributed by atoms with Gasteiger partial charge in [0.05, 0.1) is 6.42 Å². The summed E-state index contributed by atoms with van der Waals surface area (Å²) in [6, 6.07) is 0. The van der Waals surface area contributed by atoms with E-state index in [1.807, 2.05) is 34.6 Å². The molecule has 0 spiro atoms. The van der Waals surface area contributed by atoms with Crippen LogP contribution in [0.1, 0.15) is 67.2 Å². The molecule has 0 aromatic carbocycles. The standard InChI is InChI=1S/C7H10Cl2O2.C7H11ClO2.C7H12O2/c1-3-5-4(2)7(8,9)6(10)11-5;1-3-5-4(2)6(8)7(9)10-5;1-3-6-5(2)4-7(8)9-6/h4-5H,3H2,1-2H3;4-6H,3H2,1-2H3;5-6H,3-4H2,1-2H3/t4-,5-;4-,5-,6?;5-,6+/m110/s1. The Labute approximate surface area is 194 Å². The van der Waals surface area contributed by atoms with Crippen LogP contribution in [0, 0.1) is 17.8 Å². The lowest BCUT2D eigenvalue weighted by molar-refractivity contribution is -0.142. The molecule has 9 heteroatoms. The molecule has 7 atom stereocenters. The average Bonchev–Trinajstić information content (AvgIpc) is 3.24. The van der Waals surface area contributed by atoms with E-state index in [0.29, 0.717) is 12.3 Å². The largest absolute Gasteiger partial charge is 0.462 e. The van der Waals surface area contributed by atoms with Crippen LogP contribution in [0.15, 0.2) is 0 Å². The normalized spacial score (nSPS) is 36.7. The maximum atomic E-state index is 11.0. The highest BCUT2D eigenvalue weighted by Crippen LogP contribution is 2.41. The zero-order valence-electron chi connectivity index (χ0n) is 18.5. The van der Waals surface area contributed by atoms with Crippen LogP contribution in [0.4, 0.5) is 0 Å². The van der Waals surface area contributed by atoms with E-state index in [2.05, 4.69) is 6.92 Å². The molecule has 0 bridgehead atoms. The quantitative estimate of drug-likeness (QED) is 0.315. The van der Waals surface area contributed by atoms with Crippen LogP contribution in [0.2, 0.25) is 0 Å². The molecule has 1 unspecified atom stereocenters. The Balaban J connectivity index is 0.000000226. The van der Waals surface area contributed by atoms with E-state index in [1.165, 1.54) is 0 Å². The highest BCUT2D eigenvalue weighted by Gasteiger charge is 2.52. The van der Waals surface area contributed by atoms with Crippen LogP contribution in [-0.4, -0.2) is 45.9 Å². The van der Waals surface area contributed by atoms with Crippen molar-refractivity contribution >= 4 is 52.7 Å². The fourth-order valence-corrected chi connectivity index (χ4v) is 4.15. The molecule has 3 saturated heterocycles. The monoisotopic (exact) mass is 486 g/mol. The number of hydrogen-bond acceptors (Lipinski definition) is 6. The molecule has 0 amide bonds. The first-order valence-corrected chi connectivity index (χ1v) is 11.7. The number of rotatable bonds is 3. The fourth-order valence-electron chi connectivity index (χ4n) is 3.57. The summed E-state index contributed by atoms with van der Waals surface area (Å²) in [7, 11) is 0. The van der Waals surface area contributed by atoms with Crippen LogP contribution in [0.3, 0.4) is 0 Å². The number of alkyl halides is 3. The zero-order chi connectivity index (χ0) is 23.2. The van der Waals surface area contributed by atoms with Crippen molar-refractivity contribution in [3.63, 3.8) is 0 Å². The molecule has 3 heterocycles. The smallest absolute Gasteiger partial charge is 0.343 e. The van der Waals surface area contributed by atoms with Crippen LogP contribution in [-0.2, 0) is 28.6 Å². The molecule has 3 rings (SSSR count). The predicted molar refractivity (Wildman–Crippen MR) is 117 cm³/mol. The maximum absolute atomic E-state index is 11.0. The topological polar surface area (TPSA) is 78.9 Å². The van der Waals surface area contributed by atoms with Crippen molar-refractivity contribution < 1.29 is 28.6 Å². The molecule has 0 radical (unpaired) electrons. The van der Waals surface area contributed by atoms with E-state index in [0.717, 1.165) is 19.3 Å². The van der Waals surface area contributed by atoms with Crippen molar-refractivity contribution in [3.8, 4) is 0 Å². The minimum atomic E-state index is -1.33. The molecule has 0 N–H and O–H groups in total. The van der Waals surface area contributed by atoms with Gasteiger partial charge in [-0.3, -0.25) is 9.59 Å². The first kappa shape index (κ1) is 27.3. The number of cyclic esters (lactones) is 3. The third-order valence-corrected chi connectivity index (χ3v) is 7.39. The molecular formula is C21H33Cl3O6. The van der Waals surface area contributed by atoms with Crippen LogP contribution < -0.4 is 0 Å². The van der Waals surface area contributed by atoms with Crippen molar-refractivity contribution in [1.29, 1.82) is 0 Å². The lowest BCUT2D eigenvalue weighted by atomic mass is 10.0. The van der Waals surface area contributed by atoms with Gasteiger partial charge in [-0.25, -0.2) is 4.79 Å². The van der Waals surface area contributed by atoms with Crippen molar-refractivity contribution in [3.05, 3.63) is 0 Å². The van der Waals surface area contributed by atoms with Crippen LogP contribution in [0.5, 0.6) is 0 Å².